The molecule has 0 aliphatic carbocycles. The number of benzene rings is 2. The molecule has 0 bridgehead atoms. The number of carbonyl (C=O) groups excluding carboxylic acids is 2. The Labute approximate surface area is 197 Å². The van der Waals surface area contributed by atoms with E-state index in [1.165, 1.54) is 19.1 Å². The molecule has 1 aromatic heterocycles. The van der Waals surface area contributed by atoms with Crippen LogP contribution in [0.2, 0.25) is 0 Å². The second-order valence-corrected chi connectivity index (χ2v) is 7.60. The average molecular weight is 460 g/mol. The quantitative estimate of drug-likeness (QED) is 0.326. The lowest BCUT2D eigenvalue weighted by Crippen LogP contribution is -2.29. The molecule has 1 unspecified atom stereocenters. The first-order valence-corrected chi connectivity index (χ1v) is 10.5. The van der Waals surface area contributed by atoms with Gasteiger partial charge in [-0.2, -0.15) is 0 Å². The van der Waals surface area contributed by atoms with E-state index in [1.54, 1.807) is 62.0 Å². The molecule has 1 aliphatic heterocycles. The van der Waals surface area contributed by atoms with Gasteiger partial charge in [-0.25, -0.2) is 0 Å². The molecular formula is C26H24N2O6. The third-order valence-electron chi connectivity index (χ3n) is 5.72. The normalized spacial score (nSPS) is 17.0. The van der Waals surface area contributed by atoms with Crippen molar-refractivity contribution in [3.05, 3.63) is 89.3 Å². The van der Waals surface area contributed by atoms with Gasteiger partial charge >= 0.3 is 0 Å². The molecule has 2 aromatic carbocycles. The predicted octanol–water partition coefficient (Wildman–Crippen LogP) is 3.73. The molecule has 1 aliphatic rings. The largest absolute Gasteiger partial charge is 0.506 e. The topological polar surface area (TPSA) is 98.2 Å². The second kappa shape index (κ2) is 9.66. The molecule has 1 N–H and O–H groups in total. The Hall–Kier alpha value is -4.33. The maximum atomic E-state index is 13.3. The smallest absolute Gasteiger partial charge is 0.295 e. The lowest BCUT2D eigenvalue weighted by Gasteiger charge is -2.25. The Morgan fingerprint density at radius 1 is 0.941 bits per heavy atom. The number of likely N-dealkylation sites (tertiary alicyclic amines) is 1. The van der Waals surface area contributed by atoms with Crippen LogP contribution in [0.1, 0.15) is 22.7 Å². The van der Waals surface area contributed by atoms with E-state index < -0.39 is 17.7 Å². The Morgan fingerprint density at radius 2 is 1.62 bits per heavy atom. The summed E-state index contributed by atoms with van der Waals surface area (Å²) >= 11 is 0. The van der Waals surface area contributed by atoms with E-state index in [0.717, 1.165) is 5.56 Å². The summed E-state index contributed by atoms with van der Waals surface area (Å²) in [5.41, 5.74) is 1.52. The molecule has 3 aromatic rings. The summed E-state index contributed by atoms with van der Waals surface area (Å²) in [5, 5.41) is 11.4. The molecule has 0 saturated carbocycles. The minimum absolute atomic E-state index is 0.0608. The summed E-state index contributed by atoms with van der Waals surface area (Å²) in [6, 6.07) is 14.8. The summed E-state index contributed by atoms with van der Waals surface area (Å²) in [6.07, 6.45) is 3.17. The molecule has 0 spiro atoms. The molecule has 1 fully saturated rings. The molecule has 174 valence electrons. The van der Waals surface area contributed by atoms with E-state index in [9.17, 15) is 14.7 Å². The molecule has 8 nitrogen and oxygen atoms in total. The van der Waals surface area contributed by atoms with Crippen LogP contribution in [0.15, 0.2) is 72.6 Å². The van der Waals surface area contributed by atoms with Crippen molar-refractivity contribution in [1.82, 2.24) is 9.88 Å². The van der Waals surface area contributed by atoms with Gasteiger partial charge in [0.1, 0.15) is 28.6 Å². The van der Waals surface area contributed by atoms with Gasteiger partial charge in [0.2, 0.25) is 0 Å². The van der Waals surface area contributed by atoms with Crippen molar-refractivity contribution in [1.29, 1.82) is 0 Å². The van der Waals surface area contributed by atoms with Crippen LogP contribution in [-0.2, 0) is 16.1 Å². The number of ether oxygens (including phenoxy) is 3. The number of aliphatic hydroxyl groups excluding tert-OH is 1. The van der Waals surface area contributed by atoms with Gasteiger partial charge < -0.3 is 24.2 Å². The van der Waals surface area contributed by atoms with Crippen LogP contribution in [0, 0.1) is 0 Å². The first-order chi connectivity index (χ1) is 16.5. The van der Waals surface area contributed by atoms with E-state index in [-0.39, 0.29) is 23.4 Å². The zero-order valence-corrected chi connectivity index (χ0v) is 19.0. The molecule has 4 rings (SSSR count). The maximum absolute atomic E-state index is 13.3. The number of carbonyl (C=O) groups is 2. The van der Waals surface area contributed by atoms with Crippen molar-refractivity contribution < 1.29 is 28.9 Å². The van der Waals surface area contributed by atoms with Crippen molar-refractivity contribution >= 4 is 17.4 Å². The van der Waals surface area contributed by atoms with Gasteiger partial charge in [0.15, 0.2) is 0 Å². The highest BCUT2D eigenvalue weighted by atomic mass is 16.5. The van der Waals surface area contributed by atoms with Crippen molar-refractivity contribution in [2.24, 2.45) is 0 Å². The molecule has 1 atom stereocenters. The minimum Gasteiger partial charge on any atom is -0.506 e. The summed E-state index contributed by atoms with van der Waals surface area (Å²) in [7, 11) is 4.47. The molecule has 1 amide bonds. The summed E-state index contributed by atoms with van der Waals surface area (Å²) in [5.74, 6) is -0.601. The third kappa shape index (κ3) is 4.05. The molecular weight excluding hydrogens is 436 g/mol. The van der Waals surface area contributed by atoms with Crippen LogP contribution in [0.4, 0.5) is 0 Å². The maximum Gasteiger partial charge on any atom is 0.295 e. The minimum atomic E-state index is -0.856. The summed E-state index contributed by atoms with van der Waals surface area (Å²) in [4.78, 5) is 32.1. The van der Waals surface area contributed by atoms with E-state index in [0.29, 0.717) is 22.8 Å². The SMILES string of the molecule is COc1ccc(CN2C(=O)C(=O)/C(=C(/O)c3c(OC)cccc3OC)C2c2cccnc2)cc1. The Bertz CT molecular complexity index is 1220. The number of aromatic nitrogens is 1. The number of hydrogen-bond acceptors (Lipinski definition) is 7. The highest BCUT2D eigenvalue weighted by molar-refractivity contribution is 6.46. The monoisotopic (exact) mass is 460 g/mol. The van der Waals surface area contributed by atoms with E-state index >= 15 is 0 Å². The van der Waals surface area contributed by atoms with Crippen molar-refractivity contribution in [2.45, 2.75) is 12.6 Å². The van der Waals surface area contributed by atoms with Gasteiger partial charge in [0.05, 0.1) is 32.9 Å². The average Bonchev–Trinajstić information content (AvgIpc) is 3.13. The van der Waals surface area contributed by atoms with Crippen LogP contribution in [0.5, 0.6) is 17.2 Å². The number of nitrogens with zero attached hydrogens (tertiary/aromatic N) is 2. The fraction of sp³-hybridized carbons (Fsp3) is 0.192. The van der Waals surface area contributed by atoms with Gasteiger partial charge in [0, 0.05) is 18.9 Å². The summed E-state index contributed by atoms with van der Waals surface area (Å²) in [6.45, 7) is 0.147. The standard InChI is InChI=1S/C26H24N2O6/c1-32-18-11-9-16(10-12-18)15-28-23(17-6-5-13-27-14-17)22(25(30)26(28)31)24(29)21-19(33-2)7-4-8-20(21)34-3/h4-14,23,29H,15H2,1-3H3/b24-22+. The molecule has 8 heteroatoms. The number of pyridine rings is 1. The number of aliphatic hydroxyl groups is 1. The number of rotatable bonds is 7. The van der Waals surface area contributed by atoms with Gasteiger partial charge in [-0.05, 0) is 41.5 Å². The third-order valence-corrected chi connectivity index (χ3v) is 5.72. The number of ketones is 1. The zero-order chi connectivity index (χ0) is 24.2. The number of amides is 1. The fourth-order valence-electron chi connectivity index (χ4n) is 4.07. The van der Waals surface area contributed by atoms with E-state index in [4.69, 9.17) is 14.2 Å². The van der Waals surface area contributed by atoms with E-state index in [2.05, 4.69) is 4.98 Å². The van der Waals surface area contributed by atoms with Crippen LogP contribution < -0.4 is 14.2 Å². The first kappa shape index (κ1) is 22.8. The van der Waals surface area contributed by atoms with Crippen LogP contribution in [0.3, 0.4) is 0 Å². The van der Waals surface area contributed by atoms with Crippen molar-refractivity contribution in [2.75, 3.05) is 21.3 Å². The number of Topliss-reactive ketones (excluding diaryl/α,β-unsaturated/α-hetero) is 1. The summed E-state index contributed by atoms with van der Waals surface area (Å²) < 4.78 is 16.0. The molecule has 1 saturated heterocycles. The molecule has 0 radical (unpaired) electrons. The van der Waals surface area contributed by atoms with Crippen LogP contribution in [-0.4, -0.2) is 48.0 Å². The van der Waals surface area contributed by atoms with Crippen LogP contribution in [0.25, 0.3) is 5.76 Å². The lowest BCUT2D eigenvalue weighted by atomic mass is 9.95. The fourth-order valence-corrected chi connectivity index (χ4v) is 4.07. The van der Waals surface area contributed by atoms with Gasteiger partial charge in [-0.15, -0.1) is 0 Å². The number of methoxy groups -OCH3 is 3. The highest BCUT2D eigenvalue weighted by Gasteiger charge is 2.46. The molecule has 34 heavy (non-hydrogen) atoms. The van der Waals surface area contributed by atoms with Gasteiger partial charge in [-0.3, -0.25) is 14.6 Å². The zero-order valence-electron chi connectivity index (χ0n) is 19.0. The van der Waals surface area contributed by atoms with Crippen molar-refractivity contribution in [3.63, 3.8) is 0 Å². The highest BCUT2D eigenvalue weighted by Crippen LogP contribution is 2.43. The van der Waals surface area contributed by atoms with E-state index in [1.807, 2.05) is 12.1 Å². The Balaban J connectivity index is 1.88. The second-order valence-electron chi connectivity index (χ2n) is 7.60. The van der Waals surface area contributed by atoms with Crippen molar-refractivity contribution in [3.8, 4) is 17.2 Å². The first-order valence-electron chi connectivity index (χ1n) is 10.5. The Kier molecular flexibility index (Phi) is 6.49. The number of hydrogen-bond donors (Lipinski definition) is 1. The Morgan fingerprint density at radius 3 is 2.18 bits per heavy atom. The van der Waals surface area contributed by atoms with Gasteiger partial charge in [0.25, 0.3) is 11.7 Å². The van der Waals surface area contributed by atoms with Gasteiger partial charge in [-0.1, -0.05) is 24.3 Å². The molecule has 2 heterocycles. The lowest BCUT2D eigenvalue weighted by molar-refractivity contribution is -0.140. The predicted molar refractivity (Wildman–Crippen MR) is 125 cm³/mol. The van der Waals surface area contributed by atoms with Crippen LogP contribution >= 0.6 is 0 Å².